The summed E-state index contributed by atoms with van der Waals surface area (Å²) in [7, 11) is 0. The number of halogens is 1. The predicted molar refractivity (Wildman–Crippen MR) is 150 cm³/mol. The Hall–Kier alpha value is -3.12. The zero-order valence-electron chi connectivity index (χ0n) is 25.0. The zero-order chi connectivity index (χ0) is 31.4. The summed E-state index contributed by atoms with van der Waals surface area (Å²) >= 11 is 2.45. The Morgan fingerprint density at radius 2 is 1.28 bits per heavy atom. The Kier molecular flexibility index (Phi) is 15.1. The van der Waals surface area contributed by atoms with Gasteiger partial charge in [0, 0.05) is 15.9 Å². The van der Waals surface area contributed by atoms with Crippen molar-refractivity contribution in [3.63, 3.8) is 0 Å². The number of ether oxygens (including phenoxy) is 2. The van der Waals surface area contributed by atoms with Crippen molar-refractivity contribution in [3.8, 4) is 4.98 Å². The molecule has 0 aliphatic rings. The molecule has 39 heavy (non-hydrogen) atoms. The van der Waals surface area contributed by atoms with Crippen LogP contribution in [0.2, 0.25) is 0 Å². The van der Waals surface area contributed by atoms with Crippen molar-refractivity contribution in [2.45, 2.75) is 106 Å². The average Bonchev–Trinajstić information content (AvgIpc) is 3.12. The SMILES string of the molecule is CC(C)(C)OC(=O)N[C@H](C(=O)NN)C(C)(C)C.CC(C)(C)OC(=O)N[C@H](c1nnc(N)o1)C(C)(C)C.N#CBr. The second-order valence-electron chi connectivity index (χ2n) is 12.5. The molecule has 0 saturated heterocycles. The Labute approximate surface area is 239 Å². The van der Waals surface area contributed by atoms with Crippen LogP contribution in [0.3, 0.4) is 0 Å². The maximum Gasteiger partial charge on any atom is 0.408 e. The van der Waals surface area contributed by atoms with E-state index >= 15 is 0 Å². The molecule has 3 amide bonds. The van der Waals surface area contributed by atoms with Crippen molar-refractivity contribution in [2.75, 3.05) is 5.73 Å². The minimum atomic E-state index is -0.748. The first-order chi connectivity index (χ1) is 17.4. The molecule has 2 atom stereocenters. The standard InChI is InChI=1S/C12H22N4O3.C11H23N3O3.CBrN/c1-11(2,3)7(8-15-16-9(13)18-8)14-10(17)19-12(4,5)6;1-10(2,3)7(8(15)14-12)13-9(16)17-11(4,5)6;2-1-3/h7H,1-6H3,(H2,13,16)(H,14,17);7H,12H2,1-6H3,(H,13,16)(H,14,15);/t2*7-;/m11./s1. The van der Waals surface area contributed by atoms with Gasteiger partial charge in [0.05, 0.1) is 0 Å². The number of nitrogen functional groups attached to an aromatic ring is 1. The fraction of sp³-hybridized carbons (Fsp3) is 0.750. The first kappa shape index (κ1) is 38.0. The van der Waals surface area contributed by atoms with Crippen LogP contribution in [0.25, 0.3) is 0 Å². The molecule has 7 N–H and O–H groups in total. The number of hydrogen-bond donors (Lipinski definition) is 5. The number of carbonyl (C=O) groups excluding carboxylic acids is 3. The molecule has 0 spiro atoms. The van der Waals surface area contributed by atoms with Gasteiger partial charge in [-0.25, -0.2) is 15.4 Å². The summed E-state index contributed by atoms with van der Waals surface area (Å²) in [5.41, 5.74) is 5.48. The van der Waals surface area contributed by atoms with Crippen molar-refractivity contribution in [2.24, 2.45) is 16.7 Å². The lowest BCUT2D eigenvalue weighted by Crippen LogP contribution is -2.55. The fourth-order valence-electron chi connectivity index (χ4n) is 2.62. The van der Waals surface area contributed by atoms with E-state index in [1.54, 1.807) is 46.5 Å². The van der Waals surface area contributed by atoms with Crippen molar-refractivity contribution in [1.29, 1.82) is 5.26 Å². The summed E-state index contributed by atoms with van der Waals surface area (Å²) in [6.07, 6.45) is -1.18. The molecular weight excluding hydrogens is 576 g/mol. The molecule has 0 radical (unpaired) electrons. The molecule has 15 heteroatoms. The number of alkyl carbamates (subject to hydrolysis) is 2. The van der Waals surface area contributed by atoms with Gasteiger partial charge in [-0.05, 0) is 52.4 Å². The van der Waals surface area contributed by atoms with Crippen LogP contribution in [-0.2, 0) is 14.3 Å². The number of aromatic nitrogens is 2. The molecular formula is C24H45BrN8O6. The normalized spacial score (nSPS) is 13.1. The van der Waals surface area contributed by atoms with Crippen LogP contribution in [0.15, 0.2) is 4.42 Å². The molecule has 224 valence electrons. The monoisotopic (exact) mass is 620 g/mol. The molecule has 0 aliphatic heterocycles. The van der Waals surface area contributed by atoms with Gasteiger partial charge in [-0.1, -0.05) is 46.6 Å². The van der Waals surface area contributed by atoms with E-state index in [1.807, 2.05) is 47.0 Å². The molecule has 1 heterocycles. The maximum atomic E-state index is 11.8. The van der Waals surface area contributed by atoms with Gasteiger partial charge in [0.2, 0.25) is 5.89 Å². The highest BCUT2D eigenvalue weighted by Crippen LogP contribution is 2.32. The number of nitrogens with one attached hydrogen (secondary N) is 3. The number of hydrogen-bond acceptors (Lipinski definition) is 11. The first-order valence-electron chi connectivity index (χ1n) is 12.0. The zero-order valence-corrected chi connectivity index (χ0v) is 26.6. The summed E-state index contributed by atoms with van der Waals surface area (Å²) in [5, 5.41) is 19.9. The summed E-state index contributed by atoms with van der Waals surface area (Å²) in [4.78, 5) is 36.5. The first-order valence-corrected chi connectivity index (χ1v) is 12.7. The fourth-order valence-corrected chi connectivity index (χ4v) is 2.62. The molecule has 0 unspecified atom stereocenters. The number of anilines is 1. The van der Waals surface area contributed by atoms with E-state index in [1.165, 1.54) is 0 Å². The largest absolute Gasteiger partial charge is 0.444 e. The van der Waals surface area contributed by atoms with Crippen LogP contribution >= 0.6 is 15.9 Å². The van der Waals surface area contributed by atoms with E-state index in [2.05, 4.69) is 36.8 Å². The third-order valence-electron chi connectivity index (χ3n) is 4.16. The number of nitrogens with zero attached hydrogens (tertiary/aromatic N) is 3. The third kappa shape index (κ3) is 17.9. The molecule has 0 bridgehead atoms. The molecule has 1 aromatic rings. The highest BCUT2D eigenvalue weighted by molar-refractivity contribution is 9.12. The van der Waals surface area contributed by atoms with Gasteiger partial charge in [0.15, 0.2) is 0 Å². The van der Waals surface area contributed by atoms with E-state index in [9.17, 15) is 14.4 Å². The van der Waals surface area contributed by atoms with Gasteiger partial charge < -0.3 is 30.3 Å². The van der Waals surface area contributed by atoms with Crippen LogP contribution in [0, 0.1) is 21.1 Å². The van der Waals surface area contributed by atoms with Crippen LogP contribution < -0.4 is 27.6 Å². The number of amides is 3. The van der Waals surface area contributed by atoms with E-state index in [4.69, 9.17) is 30.7 Å². The van der Waals surface area contributed by atoms with E-state index in [0.717, 1.165) is 0 Å². The van der Waals surface area contributed by atoms with Gasteiger partial charge in [-0.2, -0.15) is 5.26 Å². The van der Waals surface area contributed by atoms with Crippen molar-refractivity contribution in [1.82, 2.24) is 26.3 Å². The smallest absolute Gasteiger partial charge is 0.408 e. The lowest BCUT2D eigenvalue weighted by Gasteiger charge is -2.30. The topological polar surface area (TPSA) is 221 Å². The molecule has 1 aromatic heterocycles. The number of hydrazine groups is 1. The van der Waals surface area contributed by atoms with Crippen LogP contribution in [0.5, 0.6) is 0 Å². The minimum absolute atomic E-state index is 0.0322. The second-order valence-corrected chi connectivity index (χ2v) is 12.8. The number of rotatable bonds is 4. The summed E-state index contributed by atoms with van der Waals surface area (Å²) < 4.78 is 15.5. The van der Waals surface area contributed by atoms with Gasteiger partial charge in [0.25, 0.3) is 5.91 Å². The van der Waals surface area contributed by atoms with E-state index in [0.29, 0.717) is 0 Å². The quantitative estimate of drug-likeness (QED) is 0.183. The van der Waals surface area contributed by atoms with E-state index < -0.39 is 46.8 Å². The lowest BCUT2D eigenvalue weighted by atomic mass is 9.86. The van der Waals surface area contributed by atoms with Crippen molar-refractivity contribution in [3.05, 3.63) is 5.89 Å². The van der Waals surface area contributed by atoms with Gasteiger partial charge in [-0.3, -0.25) is 10.2 Å². The molecule has 0 aromatic carbocycles. The molecule has 0 aliphatic carbocycles. The molecule has 1 rings (SSSR count). The Morgan fingerprint density at radius 1 is 0.872 bits per heavy atom. The Morgan fingerprint density at radius 3 is 1.56 bits per heavy atom. The van der Waals surface area contributed by atoms with Crippen molar-refractivity contribution >= 4 is 40.0 Å². The average molecular weight is 622 g/mol. The van der Waals surface area contributed by atoms with Crippen LogP contribution in [0.1, 0.15) is 95.0 Å². The summed E-state index contributed by atoms with van der Waals surface area (Å²) in [6.45, 7) is 21.9. The minimum Gasteiger partial charge on any atom is -0.444 e. The van der Waals surface area contributed by atoms with Gasteiger partial charge in [-0.15, -0.1) is 5.10 Å². The lowest BCUT2D eigenvalue weighted by molar-refractivity contribution is -0.125. The third-order valence-corrected chi connectivity index (χ3v) is 4.16. The van der Waals surface area contributed by atoms with Gasteiger partial charge in [0.1, 0.15) is 28.3 Å². The molecule has 0 saturated carbocycles. The summed E-state index contributed by atoms with van der Waals surface area (Å²) in [5.74, 6) is 4.89. The van der Waals surface area contributed by atoms with Crippen LogP contribution in [-0.4, -0.2) is 45.5 Å². The second kappa shape index (κ2) is 15.5. The van der Waals surface area contributed by atoms with E-state index in [-0.39, 0.29) is 17.3 Å². The Bertz CT molecular complexity index is 965. The number of carbonyl (C=O) groups is 3. The maximum absolute atomic E-state index is 11.8. The van der Waals surface area contributed by atoms with Crippen molar-refractivity contribution < 1.29 is 28.3 Å². The number of nitriles is 1. The number of nitrogens with two attached hydrogens (primary N) is 2. The molecule has 14 nitrogen and oxygen atoms in total. The van der Waals surface area contributed by atoms with Crippen LogP contribution in [0.4, 0.5) is 15.6 Å². The predicted octanol–water partition coefficient (Wildman–Crippen LogP) is 4.04. The highest BCUT2D eigenvalue weighted by atomic mass is 79.9. The Balaban J connectivity index is 0. The highest BCUT2D eigenvalue weighted by Gasteiger charge is 2.35. The van der Waals surface area contributed by atoms with Gasteiger partial charge >= 0.3 is 18.2 Å². The molecule has 0 fully saturated rings. The summed E-state index contributed by atoms with van der Waals surface area (Å²) in [6, 6.07) is -1.26.